The van der Waals surface area contributed by atoms with Crippen LogP contribution in [0.3, 0.4) is 0 Å². The van der Waals surface area contributed by atoms with Crippen LogP contribution in [0.5, 0.6) is 0 Å². The van der Waals surface area contributed by atoms with Gasteiger partial charge in [0.1, 0.15) is 0 Å². The Balaban J connectivity index is 2.64. The van der Waals surface area contributed by atoms with Crippen molar-refractivity contribution >= 4 is 11.9 Å². The normalized spacial score (nSPS) is 11.1. The van der Waals surface area contributed by atoms with E-state index in [1.807, 2.05) is 20.0 Å². The van der Waals surface area contributed by atoms with Crippen molar-refractivity contribution in [3.8, 4) is 0 Å². The molecule has 0 radical (unpaired) electrons. The largest absolute Gasteiger partial charge is 0.353 e. The van der Waals surface area contributed by atoms with Crippen LogP contribution in [-0.2, 0) is 18.4 Å². The predicted molar refractivity (Wildman–Crippen MR) is 83.9 cm³/mol. The first-order valence-corrected chi connectivity index (χ1v) is 6.73. The van der Waals surface area contributed by atoms with Gasteiger partial charge in [-0.25, -0.2) is 4.99 Å². The van der Waals surface area contributed by atoms with E-state index >= 15 is 0 Å². The number of nitrogens with zero attached hydrogens (tertiary/aromatic N) is 4. The van der Waals surface area contributed by atoms with Crippen molar-refractivity contribution in [2.24, 2.45) is 12.0 Å². The summed E-state index contributed by atoms with van der Waals surface area (Å²) in [6, 6.07) is 1.91. The van der Waals surface area contributed by atoms with Gasteiger partial charge >= 0.3 is 0 Å². The van der Waals surface area contributed by atoms with Crippen molar-refractivity contribution < 1.29 is 4.79 Å². The maximum atomic E-state index is 11.6. The minimum Gasteiger partial charge on any atom is -0.353 e. The van der Waals surface area contributed by atoms with E-state index in [1.165, 1.54) is 4.90 Å². The number of aryl methyl sites for hydroxylation is 1. The summed E-state index contributed by atoms with van der Waals surface area (Å²) < 4.78 is 1.77. The minimum atomic E-state index is -0.0136. The lowest BCUT2D eigenvalue weighted by molar-refractivity contribution is -0.127. The number of hydrogen-bond acceptors (Lipinski definition) is 3. The van der Waals surface area contributed by atoms with E-state index in [2.05, 4.69) is 27.3 Å². The first kappa shape index (κ1) is 16.7. The molecule has 21 heavy (non-hydrogen) atoms. The smallest absolute Gasteiger partial charge is 0.241 e. The molecule has 0 aliphatic rings. The monoisotopic (exact) mass is 292 g/mol. The summed E-state index contributed by atoms with van der Waals surface area (Å²) in [6.07, 6.45) is 1.73. The molecule has 1 rings (SSSR count). The molecule has 0 saturated carbocycles. The molecular formula is C14H24N6O. The number of amides is 1. The molecule has 2 N–H and O–H groups in total. The van der Waals surface area contributed by atoms with E-state index in [0.717, 1.165) is 11.3 Å². The lowest BCUT2D eigenvalue weighted by atomic mass is 10.3. The molecule has 0 spiro atoms. The van der Waals surface area contributed by atoms with Gasteiger partial charge in [0.05, 0.1) is 18.8 Å². The third-order valence-electron chi connectivity index (χ3n) is 2.79. The SMILES string of the molecule is C=C(C)CNC(=NCc1ccnn1C)NCC(=O)N(C)C. The van der Waals surface area contributed by atoms with Gasteiger partial charge in [-0.05, 0) is 13.0 Å². The van der Waals surface area contributed by atoms with Crippen LogP contribution in [0.15, 0.2) is 29.4 Å². The fourth-order valence-corrected chi connectivity index (χ4v) is 1.44. The number of aromatic nitrogens is 2. The maximum absolute atomic E-state index is 11.6. The first-order chi connectivity index (χ1) is 9.90. The summed E-state index contributed by atoms with van der Waals surface area (Å²) in [6.45, 7) is 7.05. The fourth-order valence-electron chi connectivity index (χ4n) is 1.44. The number of carbonyl (C=O) groups is 1. The Labute approximate surface area is 125 Å². The van der Waals surface area contributed by atoms with Crippen LogP contribution in [0.2, 0.25) is 0 Å². The van der Waals surface area contributed by atoms with Crippen LogP contribution in [0.25, 0.3) is 0 Å². The van der Waals surface area contributed by atoms with Crippen LogP contribution in [0.4, 0.5) is 0 Å². The topological polar surface area (TPSA) is 74.5 Å². The molecule has 0 atom stereocenters. The molecule has 0 saturated heterocycles. The van der Waals surface area contributed by atoms with Gasteiger partial charge in [0.2, 0.25) is 5.91 Å². The van der Waals surface area contributed by atoms with Gasteiger partial charge in [-0.2, -0.15) is 5.10 Å². The summed E-state index contributed by atoms with van der Waals surface area (Å²) in [7, 11) is 5.31. The predicted octanol–water partition coefficient (Wildman–Crippen LogP) is 0.120. The maximum Gasteiger partial charge on any atom is 0.241 e. The first-order valence-electron chi connectivity index (χ1n) is 6.73. The highest BCUT2D eigenvalue weighted by atomic mass is 16.2. The second kappa shape index (κ2) is 8.08. The van der Waals surface area contributed by atoms with Crippen molar-refractivity contribution in [1.29, 1.82) is 0 Å². The molecular weight excluding hydrogens is 268 g/mol. The molecule has 1 aromatic heterocycles. The molecule has 7 heteroatoms. The Kier molecular flexibility index (Phi) is 6.45. The number of carbonyl (C=O) groups excluding carboxylic acids is 1. The fraction of sp³-hybridized carbons (Fsp3) is 0.500. The van der Waals surface area contributed by atoms with Gasteiger partial charge in [0.15, 0.2) is 5.96 Å². The van der Waals surface area contributed by atoms with Crippen molar-refractivity contribution in [3.63, 3.8) is 0 Å². The zero-order valence-electron chi connectivity index (χ0n) is 13.2. The number of hydrogen-bond donors (Lipinski definition) is 2. The average molecular weight is 292 g/mol. The molecule has 1 heterocycles. The molecule has 0 aliphatic heterocycles. The van der Waals surface area contributed by atoms with Crippen LogP contribution in [0.1, 0.15) is 12.6 Å². The van der Waals surface area contributed by atoms with Crippen molar-refractivity contribution in [3.05, 3.63) is 30.1 Å². The molecule has 1 amide bonds. The van der Waals surface area contributed by atoms with E-state index in [0.29, 0.717) is 19.0 Å². The van der Waals surface area contributed by atoms with Crippen molar-refractivity contribution in [2.75, 3.05) is 27.2 Å². The average Bonchev–Trinajstić information content (AvgIpc) is 2.82. The van der Waals surface area contributed by atoms with E-state index in [4.69, 9.17) is 0 Å². The molecule has 7 nitrogen and oxygen atoms in total. The minimum absolute atomic E-state index is 0.0136. The number of aliphatic imine (C=N–C) groups is 1. The van der Waals surface area contributed by atoms with Crippen LogP contribution in [-0.4, -0.2) is 53.7 Å². The Bertz CT molecular complexity index is 517. The lowest BCUT2D eigenvalue weighted by Gasteiger charge is -2.15. The Hall–Kier alpha value is -2.31. The summed E-state index contributed by atoms with van der Waals surface area (Å²) in [5.41, 5.74) is 1.98. The van der Waals surface area contributed by atoms with Crippen molar-refractivity contribution in [1.82, 2.24) is 25.3 Å². The molecule has 1 aromatic rings. The van der Waals surface area contributed by atoms with Crippen LogP contribution in [0, 0.1) is 0 Å². The molecule has 0 bridgehead atoms. The van der Waals surface area contributed by atoms with Gasteiger partial charge in [-0.1, -0.05) is 12.2 Å². The molecule has 0 aromatic carbocycles. The van der Waals surface area contributed by atoms with E-state index in [1.54, 1.807) is 25.0 Å². The van der Waals surface area contributed by atoms with Gasteiger partial charge in [-0.15, -0.1) is 0 Å². The molecule has 0 aliphatic carbocycles. The highest BCUT2D eigenvalue weighted by molar-refractivity contribution is 5.86. The molecule has 0 unspecified atom stereocenters. The molecule has 0 fully saturated rings. The highest BCUT2D eigenvalue weighted by Gasteiger charge is 2.06. The van der Waals surface area contributed by atoms with Crippen molar-refractivity contribution in [2.45, 2.75) is 13.5 Å². The Morgan fingerprint density at radius 2 is 2.10 bits per heavy atom. The summed E-state index contributed by atoms with van der Waals surface area (Å²) in [5, 5.41) is 10.2. The number of nitrogens with one attached hydrogen (secondary N) is 2. The van der Waals surface area contributed by atoms with Crippen LogP contribution < -0.4 is 10.6 Å². The third-order valence-corrected chi connectivity index (χ3v) is 2.79. The van der Waals surface area contributed by atoms with Gasteiger partial charge in [0.25, 0.3) is 0 Å². The summed E-state index contributed by atoms with van der Waals surface area (Å²) in [4.78, 5) is 17.6. The summed E-state index contributed by atoms with van der Waals surface area (Å²) >= 11 is 0. The lowest BCUT2D eigenvalue weighted by Crippen LogP contribution is -2.43. The standard InChI is InChI=1S/C14H24N6O/c1-11(2)8-15-14(17-10-13(21)19(3)4)16-9-12-6-7-18-20(12)5/h6-7H,1,8-10H2,2-5H3,(H2,15,16,17). The van der Waals surface area contributed by atoms with Crippen LogP contribution >= 0.6 is 0 Å². The van der Waals surface area contributed by atoms with Gasteiger partial charge in [0, 0.05) is 33.9 Å². The Morgan fingerprint density at radius 3 is 2.62 bits per heavy atom. The zero-order valence-corrected chi connectivity index (χ0v) is 13.2. The highest BCUT2D eigenvalue weighted by Crippen LogP contribution is 1.98. The third kappa shape index (κ3) is 6.11. The van der Waals surface area contributed by atoms with E-state index < -0.39 is 0 Å². The second-order valence-electron chi connectivity index (χ2n) is 5.06. The number of rotatable bonds is 6. The quantitative estimate of drug-likeness (QED) is 0.444. The Morgan fingerprint density at radius 1 is 1.43 bits per heavy atom. The molecule has 116 valence electrons. The second-order valence-corrected chi connectivity index (χ2v) is 5.06. The van der Waals surface area contributed by atoms with Gasteiger partial charge in [-0.3, -0.25) is 9.48 Å². The number of likely N-dealkylation sites (N-methyl/N-ethyl adjacent to an activating group) is 1. The zero-order chi connectivity index (χ0) is 15.8. The van der Waals surface area contributed by atoms with E-state index in [9.17, 15) is 4.79 Å². The van der Waals surface area contributed by atoms with Gasteiger partial charge < -0.3 is 15.5 Å². The summed E-state index contributed by atoms with van der Waals surface area (Å²) in [5.74, 6) is 0.565. The van der Waals surface area contributed by atoms with E-state index in [-0.39, 0.29) is 12.5 Å². The number of guanidine groups is 1.